The van der Waals surface area contributed by atoms with Crippen LogP contribution >= 0.6 is 15.2 Å². The average molecular weight is 275 g/mol. The van der Waals surface area contributed by atoms with Crippen LogP contribution < -0.4 is 0 Å². The molecule has 3 bridgehead atoms. The Morgan fingerprint density at radius 1 is 1.17 bits per heavy atom. The van der Waals surface area contributed by atoms with Crippen LogP contribution in [0.15, 0.2) is 0 Å². The van der Waals surface area contributed by atoms with Crippen molar-refractivity contribution in [1.82, 2.24) is 0 Å². The van der Waals surface area contributed by atoms with Gasteiger partial charge in [0.05, 0.1) is 0 Å². The van der Waals surface area contributed by atoms with E-state index < -0.39 is 34.9 Å². The van der Waals surface area contributed by atoms with Crippen molar-refractivity contribution < 1.29 is 28.4 Å². The van der Waals surface area contributed by atoms with Crippen LogP contribution in [0, 0.1) is 0 Å². The Kier molecular flexibility index (Phi) is 1.13. The number of aliphatic hydroxyl groups is 1. The maximum atomic E-state index is 11.4. The van der Waals surface area contributed by atoms with Gasteiger partial charge in [-0.1, -0.05) is 0 Å². The fourth-order valence-electron chi connectivity index (χ4n) is 1.16. The summed E-state index contributed by atoms with van der Waals surface area (Å²) in [6.07, 6.45) is 0. The van der Waals surface area contributed by atoms with Crippen molar-refractivity contribution in [1.29, 1.82) is 0 Å². The van der Waals surface area contributed by atoms with Gasteiger partial charge in [-0.25, -0.2) is 0 Å². The maximum absolute atomic E-state index is 11.4. The third-order valence-corrected chi connectivity index (χ3v) is 19.0. The molecule has 0 aromatic rings. The number of hydrogen-bond donors (Lipinski definition) is 1. The van der Waals surface area contributed by atoms with Gasteiger partial charge in [0.2, 0.25) is 0 Å². The molecule has 0 aromatic carbocycles. The van der Waals surface area contributed by atoms with Crippen LogP contribution in [0.4, 0.5) is 0 Å². The fraction of sp³-hybridized carbons (Fsp3) is 1.00. The molecule has 6 fully saturated rings. The summed E-state index contributed by atoms with van der Waals surface area (Å²) in [6, 6.07) is 0. The summed E-state index contributed by atoms with van der Waals surface area (Å²) in [6.45, 7) is 1.07. The number of rotatable bonds is 0. The van der Waals surface area contributed by atoms with Gasteiger partial charge in [0.1, 0.15) is 0 Å². The first-order chi connectivity index (χ1) is 5.33. The first kappa shape index (κ1) is 8.14. The molecular weight excluding hydrogens is 271 g/mol. The van der Waals surface area contributed by atoms with Crippen LogP contribution in [0.2, 0.25) is 0 Å². The molecule has 6 heterocycles. The van der Waals surface area contributed by atoms with Crippen LogP contribution in [0.1, 0.15) is 6.92 Å². The standard InChI is InChI=1S/C2H4GeO7P2/c1-2(4)11(5)7-3(8-11)9-12(2,6)10-3/h4H,1H3. The van der Waals surface area contributed by atoms with E-state index in [-0.39, 0.29) is 0 Å². The zero-order chi connectivity index (χ0) is 8.83. The third kappa shape index (κ3) is 0.567. The van der Waals surface area contributed by atoms with E-state index >= 15 is 0 Å². The quantitative estimate of drug-likeness (QED) is 0.510. The Hall–Kier alpha value is 0.803. The monoisotopic (exact) mass is 276 g/mol. The van der Waals surface area contributed by atoms with E-state index in [1.54, 1.807) is 0 Å². The molecule has 1 N–H and O–H groups in total. The van der Waals surface area contributed by atoms with Crippen LogP contribution in [0.5, 0.6) is 0 Å². The summed E-state index contributed by atoms with van der Waals surface area (Å²) in [5.74, 6) is 0. The Labute approximate surface area is 70.7 Å². The molecule has 0 amide bonds. The molecule has 1 spiro atoms. The van der Waals surface area contributed by atoms with Crippen LogP contribution in [0.3, 0.4) is 0 Å². The minimum absolute atomic E-state index is 1.07. The molecule has 12 heavy (non-hydrogen) atoms. The van der Waals surface area contributed by atoms with E-state index in [2.05, 4.69) is 0 Å². The molecular formula is C2H4GeO7P2. The van der Waals surface area contributed by atoms with Crippen LogP contribution in [-0.4, -0.2) is 24.8 Å². The van der Waals surface area contributed by atoms with Crippen molar-refractivity contribution in [3.05, 3.63) is 0 Å². The molecule has 0 aromatic heterocycles. The Balaban J connectivity index is 2.22. The normalized spacial score (nSPS) is 72.8. The molecule has 0 radical (unpaired) electrons. The Morgan fingerprint density at radius 3 is 1.75 bits per heavy atom. The second-order valence-electron chi connectivity index (χ2n) is 2.83. The van der Waals surface area contributed by atoms with E-state index in [9.17, 15) is 14.2 Å². The second-order valence-corrected chi connectivity index (χ2v) is 14.3. The Morgan fingerprint density at radius 2 is 1.50 bits per heavy atom. The fourth-order valence-corrected chi connectivity index (χ4v) is 21.8. The molecule has 6 aliphatic heterocycles. The predicted molar refractivity (Wildman–Crippen MR) is 35.9 cm³/mol. The topological polar surface area (TPSA) is 91.3 Å². The molecule has 10 heteroatoms. The van der Waals surface area contributed by atoms with Crippen molar-refractivity contribution in [2.24, 2.45) is 0 Å². The summed E-state index contributed by atoms with van der Waals surface area (Å²) in [5, 5.41) is 7.37. The Bertz CT molecular complexity index is 316. The molecule has 6 saturated heterocycles. The molecule has 6 aliphatic rings. The van der Waals surface area contributed by atoms with Gasteiger partial charge in [0.15, 0.2) is 0 Å². The van der Waals surface area contributed by atoms with Gasteiger partial charge in [-0.2, -0.15) is 0 Å². The average Bonchev–Trinajstić information content (AvgIpc) is 1.75. The van der Waals surface area contributed by atoms with Crippen molar-refractivity contribution >= 4 is 29.8 Å². The first-order valence-electron chi connectivity index (χ1n) is 3.08. The van der Waals surface area contributed by atoms with Gasteiger partial charge in [-0.05, 0) is 0 Å². The zero-order valence-electron chi connectivity index (χ0n) is 5.79. The molecule has 0 atom stereocenters. The van der Waals surface area contributed by atoms with Crippen molar-refractivity contribution in [3.8, 4) is 0 Å². The summed E-state index contributed by atoms with van der Waals surface area (Å²) < 4.78 is 41.8. The summed E-state index contributed by atoms with van der Waals surface area (Å²) in [5.41, 5.74) is 0. The summed E-state index contributed by atoms with van der Waals surface area (Å²) in [4.78, 5) is 0. The van der Waals surface area contributed by atoms with Gasteiger partial charge in [-0.15, -0.1) is 0 Å². The van der Waals surface area contributed by atoms with Crippen LogP contribution in [-0.2, 0) is 23.3 Å². The van der Waals surface area contributed by atoms with Gasteiger partial charge in [-0.3, -0.25) is 0 Å². The van der Waals surface area contributed by atoms with E-state index in [1.807, 2.05) is 0 Å². The van der Waals surface area contributed by atoms with Crippen molar-refractivity contribution in [3.63, 3.8) is 0 Å². The molecule has 6 rings (SSSR count). The second kappa shape index (κ2) is 1.66. The third-order valence-electron chi connectivity index (χ3n) is 1.97. The molecule has 0 saturated carbocycles. The summed E-state index contributed by atoms with van der Waals surface area (Å²) in [7, 11) is -7.20. The van der Waals surface area contributed by atoms with E-state index in [4.69, 9.17) is 14.2 Å². The van der Waals surface area contributed by atoms with Gasteiger partial charge in [0.25, 0.3) is 0 Å². The van der Waals surface area contributed by atoms with Gasteiger partial charge in [0, 0.05) is 0 Å². The minimum atomic E-state index is -3.71. The molecule has 0 aliphatic carbocycles. The SMILES string of the molecule is CC1(O)P2(=O)[O][Ge]3([O]2)[O]P1(=O)[O]3. The zero-order valence-corrected chi connectivity index (χ0v) is 9.68. The predicted octanol–water partition coefficient (Wildman–Crippen LogP) is 0.581. The van der Waals surface area contributed by atoms with Crippen LogP contribution in [0.25, 0.3) is 0 Å². The van der Waals surface area contributed by atoms with E-state index in [1.165, 1.54) is 0 Å². The number of hydrogen-bond acceptors (Lipinski definition) is 7. The molecule has 68 valence electrons. The summed E-state index contributed by atoms with van der Waals surface area (Å²) >= 11 is -3.71. The molecule has 0 unspecified atom stereocenters. The van der Waals surface area contributed by atoms with Crippen molar-refractivity contribution in [2.75, 3.05) is 0 Å². The van der Waals surface area contributed by atoms with Gasteiger partial charge < -0.3 is 0 Å². The van der Waals surface area contributed by atoms with Gasteiger partial charge >= 0.3 is 70.3 Å². The van der Waals surface area contributed by atoms with Crippen molar-refractivity contribution in [2.45, 2.75) is 12.0 Å². The molecule has 7 nitrogen and oxygen atoms in total. The first-order valence-corrected chi connectivity index (χ1v) is 9.59. The van der Waals surface area contributed by atoms with E-state index in [0.717, 1.165) is 6.92 Å². The van der Waals surface area contributed by atoms with E-state index in [0.29, 0.717) is 0 Å².